The van der Waals surface area contributed by atoms with Gasteiger partial charge in [0.1, 0.15) is 23.0 Å². The van der Waals surface area contributed by atoms with Gasteiger partial charge >= 0.3 is 6.16 Å². The fourth-order valence-corrected chi connectivity index (χ4v) is 10.0. The molecule has 9 nitrogen and oxygen atoms in total. The van der Waals surface area contributed by atoms with E-state index in [1.807, 2.05) is 91.0 Å². The van der Waals surface area contributed by atoms with Crippen LogP contribution in [0.25, 0.3) is 0 Å². The lowest BCUT2D eigenvalue weighted by Crippen LogP contribution is -2.32. The Hall–Kier alpha value is -7.48. The smallest absolute Gasteiger partial charge is 0.508 e. The van der Waals surface area contributed by atoms with E-state index in [2.05, 4.69) is 105 Å². The molecule has 0 amide bonds. The van der Waals surface area contributed by atoms with Crippen LogP contribution in [0.15, 0.2) is 176 Å². The van der Waals surface area contributed by atoms with Crippen LogP contribution in [0.5, 0.6) is 23.0 Å². The Morgan fingerprint density at radius 2 is 0.677 bits per heavy atom. The van der Waals surface area contributed by atoms with E-state index in [-0.39, 0.29) is 11.5 Å². The summed E-state index contributed by atoms with van der Waals surface area (Å²) in [6, 6.07) is 56.9. The number of aromatic amines is 4. The third kappa shape index (κ3) is 6.86. The third-order valence-electron chi connectivity index (χ3n) is 13.9. The minimum Gasteiger partial charge on any atom is -0.508 e. The SMILES string of the molecule is CC1(c2cccc(O)c2)c2ccc([nH]2)C(C)(c2cccc(O)c2)c2ccc([nH]2)C2(C)c3cccc(c3)OC(=O)Oc3cccc(c3)C(C)(c3ccc1[nH]3)c1ccc2[nH]1.Pc1ccccc1. The second-order valence-electron chi connectivity index (χ2n) is 17.7. The first-order chi connectivity index (χ1) is 31.3. The number of aromatic hydroxyl groups is 2. The van der Waals surface area contributed by atoms with Gasteiger partial charge in [0.15, 0.2) is 0 Å². The van der Waals surface area contributed by atoms with Gasteiger partial charge in [0.2, 0.25) is 0 Å². The van der Waals surface area contributed by atoms with Crippen LogP contribution in [0, 0.1) is 0 Å². The summed E-state index contributed by atoms with van der Waals surface area (Å²) in [6.45, 7) is 8.62. The first-order valence-corrected chi connectivity index (χ1v) is 22.2. The van der Waals surface area contributed by atoms with Gasteiger partial charge in [-0.3, -0.25) is 0 Å². The van der Waals surface area contributed by atoms with Crippen LogP contribution in [-0.4, -0.2) is 36.3 Å². The number of phenols is 2. The molecular weight excluding hydrogens is 828 g/mol. The number of phenolic OH excluding ortho intramolecular Hbond substituents is 2. The van der Waals surface area contributed by atoms with Crippen LogP contribution >= 0.6 is 9.24 Å². The number of ether oxygens (including phenoxy) is 2. The van der Waals surface area contributed by atoms with Crippen LogP contribution in [0.1, 0.15) is 95.5 Å². The molecule has 65 heavy (non-hydrogen) atoms. The van der Waals surface area contributed by atoms with Gasteiger partial charge in [0.05, 0.1) is 21.7 Å². The van der Waals surface area contributed by atoms with E-state index < -0.39 is 27.8 Å². The van der Waals surface area contributed by atoms with Gasteiger partial charge < -0.3 is 39.6 Å². The largest absolute Gasteiger partial charge is 0.519 e. The highest BCUT2D eigenvalue weighted by atomic mass is 31.0. The Morgan fingerprint density at radius 3 is 0.954 bits per heavy atom. The predicted molar refractivity (Wildman–Crippen MR) is 257 cm³/mol. The molecule has 6 heterocycles. The van der Waals surface area contributed by atoms with Crippen molar-refractivity contribution in [2.45, 2.75) is 49.4 Å². The van der Waals surface area contributed by atoms with Crippen molar-refractivity contribution in [1.29, 1.82) is 0 Å². The quantitative estimate of drug-likeness (QED) is 0.0583. The van der Waals surface area contributed by atoms with Gasteiger partial charge in [-0.05, 0) is 152 Å². The average Bonchev–Trinajstić information content (AvgIpc) is 4.17. The first-order valence-electron chi connectivity index (χ1n) is 21.6. The fourth-order valence-electron chi connectivity index (χ4n) is 9.78. The van der Waals surface area contributed by atoms with Gasteiger partial charge in [-0.25, -0.2) is 4.79 Å². The Bertz CT molecular complexity index is 3030. The first kappa shape index (κ1) is 41.5. The van der Waals surface area contributed by atoms with Gasteiger partial charge in [-0.15, -0.1) is 9.24 Å². The highest BCUT2D eigenvalue weighted by Crippen LogP contribution is 2.49. The molecule has 5 aromatic carbocycles. The number of rotatable bonds is 2. The molecule has 0 aliphatic carbocycles. The molecule has 2 aliphatic rings. The number of hydrogen-bond donors (Lipinski definition) is 6. The minimum atomic E-state index is -0.839. The maximum absolute atomic E-state index is 13.4. The van der Waals surface area contributed by atoms with Crippen molar-refractivity contribution >= 4 is 20.7 Å². The summed E-state index contributed by atoms with van der Waals surface area (Å²) in [4.78, 5) is 28.9. The lowest BCUT2D eigenvalue weighted by Gasteiger charge is -2.34. The number of nitrogens with one attached hydrogen (secondary N) is 4. The van der Waals surface area contributed by atoms with Crippen molar-refractivity contribution in [3.8, 4) is 23.0 Å². The van der Waals surface area contributed by atoms with E-state index in [4.69, 9.17) is 9.47 Å². The Balaban J connectivity index is 0.000000652. The number of benzene rings is 5. The molecule has 0 saturated heterocycles. The number of carbonyl (C=O) groups is 1. The summed E-state index contributed by atoms with van der Waals surface area (Å²) < 4.78 is 11.7. The number of aromatic nitrogens is 4. The molecule has 11 rings (SSSR count). The van der Waals surface area contributed by atoms with E-state index in [1.54, 1.807) is 36.4 Å². The van der Waals surface area contributed by atoms with Crippen LogP contribution in [0.4, 0.5) is 4.79 Å². The molecule has 6 N–H and O–H groups in total. The lowest BCUT2D eigenvalue weighted by atomic mass is 9.76. The van der Waals surface area contributed by atoms with Crippen LogP contribution in [0.3, 0.4) is 0 Å². The molecule has 2 aliphatic heterocycles. The number of hydrogen-bond acceptors (Lipinski definition) is 5. The zero-order chi connectivity index (χ0) is 45.1. The third-order valence-corrected chi connectivity index (χ3v) is 14.3. The average molecular weight is 877 g/mol. The number of H-pyrrole nitrogens is 4. The van der Waals surface area contributed by atoms with E-state index in [0.717, 1.165) is 67.8 Å². The molecule has 324 valence electrons. The molecule has 0 saturated carbocycles. The van der Waals surface area contributed by atoms with Crippen molar-refractivity contribution in [2.24, 2.45) is 0 Å². The van der Waals surface area contributed by atoms with Crippen LogP contribution in [0.2, 0.25) is 0 Å². The van der Waals surface area contributed by atoms with Gasteiger partial charge in [0.25, 0.3) is 0 Å². The summed E-state index contributed by atoms with van der Waals surface area (Å²) >= 11 is 0. The second kappa shape index (κ2) is 15.6. The zero-order valence-corrected chi connectivity index (χ0v) is 37.6. The Labute approximate surface area is 379 Å². The Morgan fingerprint density at radius 1 is 0.385 bits per heavy atom. The summed E-state index contributed by atoms with van der Waals surface area (Å²) in [5, 5.41) is 23.0. The highest BCUT2D eigenvalue weighted by molar-refractivity contribution is 7.27. The minimum absolute atomic E-state index is 0.161. The van der Waals surface area contributed by atoms with Gasteiger partial charge in [-0.2, -0.15) is 0 Å². The standard InChI is InChI=1S/C49H42N4O5.C6H7P/c1-46(29-9-5-13-33(54)25-29)37-17-18-38(50-37)47(2,30-10-6-14-34(55)26-30)40-20-22-42(52-40)49(4)32-12-8-16-36(28-32)58-45(56)57-35-15-7-11-31(27-35)48(3,41-21-19-39(46)51-41)43-23-24-44(49)53-43;7-6-4-2-1-3-5-6/h5-28,50-55H,1-4H3;1-5H,7H2. The Kier molecular flexibility index (Phi) is 10.00. The summed E-state index contributed by atoms with van der Waals surface area (Å²) in [6.07, 6.45) is -0.839. The summed E-state index contributed by atoms with van der Waals surface area (Å²) in [7, 11) is 2.63. The predicted octanol–water partition coefficient (Wildman–Crippen LogP) is 11.2. The molecule has 10 heteroatoms. The highest BCUT2D eigenvalue weighted by Gasteiger charge is 2.44. The summed E-state index contributed by atoms with van der Waals surface area (Å²) in [5.41, 5.74) is 7.43. The normalized spacial score (nSPS) is 22.0. The van der Waals surface area contributed by atoms with E-state index in [1.165, 1.54) is 5.30 Å². The van der Waals surface area contributed by atoms with Crippen molar-refractivity contribution < 1.29 is 24.5 Å². The molecule has 5 unspecified atom stereocenters. The molecule has 5 atom stereocenters. The number of fused-ring (bicyclic) bond motifs is 14. The van der Waals surface area contributed by atoms with Crippen molar-refractivity contribution in [3.63, 3.8) is 0 Å². The molecule has 0 spiro atoms. The maximum Gasteiger partial charge on any atom is 0.519 e. The van der Waals surface area contributed by atoms with E-state index in [9.17, 15) is 15.0 Å². The molecule has 9 aromatic rings. The molecule has 4 aromatic heterocycles. The fraction of sp³-hybridized carbons (Fsp3) is 0.145. The van der Waals surface area contributed by atoms with Crippen LogP contribution < -0.4 is 14.8 Å². The van der Waals surface area contributed by atoms with Gasteiger partial charge in [0, 0.05) is 45.6 Å². The summed E-state index contributed by atoms with van der Waals surface area (Å²) in [5.74, 6) is 1.02. The topological polar surface area (TPSA) is 139 Å². The van der Waals surface area contributed by atoms with E-state index in [0.29, 0.717) is 11.5 Å². The molecule has 0 fully saturated rings. The second-order valence-corrected chi connectivity index (χ2v) is 18.3. The lowest BCUT2D eigenvalue weighted by molar-refractivity contribution is 0.151. The molecule has 0 radical (unpaired) electrons. The van der Waals surface area contributed by atoms with Crippen molar-refractivity contribution in [2.75, 3.05) is 0 Å². The van der Waals surface area contributed by atoms with Gasteiger partial charge in [-0.1, -0.05) is 78.9 Å². The van der Waals surface area contributed by atoms with E-state index >= 15 is 0 Å². The molecule has 14 bridgehead atoms. The zero-order valence-electron chi connectivity index (χ0n) is 36.4. The maximum atomic E-state index is 13.4. The van der Waals surface area contributed by atoms with Crippen molar-refractivity contribution in [3.05, 3.63) is 244 Å². The monoisotopic (exact) mass is 876 g/mol. The van der Waals surface area contributed by atoms with Crippen LogP contribution in [-0.2, 0) is 21.7 Å². The molecular formula is C55H49N4O5P. The van der Waals surface area contributed by atoms with Crippen molar-refractivity contribution in [1.82, 2.24) is 19.9 Å². The number of carbonyl (C=O) groups excluding carboxylic acids is 1.